The standard InChI is InChI=1S/C19H15N3O4S/c1-11-7-14(8-16-18(25)21(10-17(23)24)19(26)27-16)12(2)22(11)15-5-3-13(9-20)4-6-15/h3-8H,10H2,1-2H3,(H,23,24)/b16-8+. The van der Waals surface area contributed by atoms with Crippen molar-refractivity contribution in [3.63, 3.8) is 0 Å². The highest BCUT2D eigenvalue weighted by atomic mass is 32.2. The molecule has 1 aromatic heterocycles. The van der Waals surface area contributed by atoms with Gasteiger partial charge in [-0.05, 0) is 67.6 Å². The van der Waals surface area contributed by atoms with Crippen molar-refractivity contribution in [2.24, 2.45) is 0 Å². The zero-order chi connectivity index (χ0) is 19.7. The van der Waals surface area contributed by atoms with Crippen LogP contribution in [-0.2, 0) is 9.59 Å². The third kappa shape index (κ3) is 3.50. The smallest absolute Gasteiger partial charge is 0.323 e. The number of nitriles is 1. The highest BCUT2D eigenvalue weighted by molar-refractivity contribution is 8.18. The number of benzene rings is 1. The van der Waals surface area contributed by atoms with Gasteiger partial charge in [-0.3, -0.25) is 19.3 Å². The van der Waals surface area contributed by atoms with E-state index in [4.69, 9.17) is 10.4 Å². The third-order valence-electron chi connectivity index (χ3n) is 4.18. The Morgan fingerprint density at radius 3 is 2.52 bits per heavy atom. The summed E-state index contributed by atoms with van der Waals surface area (Å²) in [5.41, 5.74) is 3.99. The van der Waals surface area contributed by atoms with Crippen molar-refractivity contribution >= 4 is 35.0 Å². The topological polar surface area (TPSA) is 103 Å². The number of thioether (sulfide) groups is 1. The zero-order valence-corrected chi connectivity index (χ0v) is 15.4. The van der Waals surface area contributed by atoms with Gasteiger partial charge < -0.3 is 9.67 Å². The molecule has 1 N–H and O–H groups in total. The largest absolute Gasteiger partial charge is 0.480 e. The Morgan fingerprint density at radius 2 is 1.93 bits per heavy atom. The number of nitrogens with zero attached hydrogens (tertiary/aromatic N) is 3. The fourth-order valence-corrected chi connectivity index (χ4v) is 3.76. The summed E-state index contributed by atoms with van der Waals surface area (Å²) in [4.78, 5) is 35.9. The van der Waals surface area contributed by atoms with E-state index < -0.39 is 23.7 Å². The molecule has 2 heterocycles. The molecule has 1 saturated heterocycles. The Labute approximate surface area is 159 Å². The van der Waals surface area contributed by atoms with E-state index in [9.17, 15) is 14.4 Å². The van der Waals surface area contributed by atoms with Crippen LogP contribution in [-0.4, -0.2) is 38.2 Å². The maximum Gasteiger partial charge on any atom is 0.323 e. The van der Waals surface area contributed by atoms with Crippen molar-refractivity contribution in [3.05, 3.63) is 57.8 Å². The van der Waals surface area contributed by atoms with Crippen molar-refractivity contribution in [2.45, 2.75) is 13.8 Å². The molecule has 2 amide bonds. The van der Waals surface area contributed by atoms with Gasteiger partial charge in [0.1, 0.15) is 6.54 Å². The summed E-state index contributed by atoms with van der Waals surface area (Å²) in [7, 11) is 0. The van der Waals surface area contributed by atoms with E-state index in [-0.39, 0.29) is 4.91 Å². The first-order chi connectivity index (χ1) is 12.8. The van der Waals surface area contributed by atoms with E-state index in [0.717, 1.165) is 39.3 Å². The van der Waals surface area contributed by atoms with Crippen molar-refractivity contribution in [1.29, 1.82) is 5.26 Å². The second kappa shape index (κ2) is 7.13. The number of aliphatic carboxylic acids is 1. The van der Waals surface area contributed by atoms with Crippen LogP contribution in [0.3, 0.4) is 0 Å². The lowest BCUT2D eigenvalue weighted by Crippen LogP contribution is -2.33. The molecule has 0 bridgehead atoms. The van der Waals surface area contributed by atoms with Crippen LogP contribution in [0.5, 0.6) is 0 Å². The molecule has 136 valence electrons. The highest BCUT2D eigenvalue weighted by Gasteiger charge is 2.36. The number of amides is 2. The van der Waals surface area contributed by atoms with Gasteiger partial charge in [-0.25, -0.2) is 0 Å². The van der Waals surface area contributed by atoms with E-state index in [2.05, 4.69) is 6.07 Å². The molecular weight excluding hydrogens is 366 g/mol. The van der Waals surface area contributed by atoms with Gasteiger partial charge in [0.05, 0.1) is 16.5 Å². The van der Waals surface area contributed by atoms with E-state index in [1.165, 1.54) is 0 Å². The monoisotopic (exact) mass is 381 g/mol. The van der Waals surface area contributed by atoms with Crippen LogP contribution in [0.15, 0.2) is 35.2 Å². The zero-order valence-electron chi connectivity index (χ0n) is 14.6. The Bertz CT molecular complexity index is 1030. The van der Waals surface area contributed by atoms with Crippen molar-refractivity contribution in [3.8, 4) is 11.8 Å². The molecule has 0 unspecified atom stereocenters. The number of rotatable bonds is 4. The van der Waals surface area contributed by atoms with Gasteiger partial charge in [-0.2, -0.15) is 5.26 Å². The molecule has 0 saturated carbocycles. The first-order valence-electron chi connectivity index (χ1n) is 7.98. The number of carbonyl (C=O) groups excluding carboxylic acids is 2. The summed E-state index contributed by atoms with van der Waals surface area (Å²) in [5, 5.41) is 17.2. The number of hydrogen-bond acceptors (Lipinski definition) is 5. The molecule has 8 heteroatoms. The predicted octanol–water partition coefficient (Wildman–Crippen LogP) is 3.09. The SMILES string of the molecule is Cc1cc(/C=C2/SC(=O)N(CC(=O)O)C2=O)c(C)n1-c1ccc(C#N)cc1. The predicted molar refractivity (Wildman–Crippen MR) is 100 cm³/mol. The Balaban J connectivity index is 1.96. The maximum absolute atomic E-state index is 12.3. The first-order valence-corrected chi connectivity index (χ1v) is 8.80. The second-order valence-electron chi connectivity index (χ2n) is 5.98. The summed E-state index contributed by atoms with van der Waals surface area (Å²) in [6.07, 6.45) is 1.61. The third-order valence-corrected chi connectivity index (χ3v) is 5.09. The normalized spacial score (nSPS) is 15.4. The van der Waals surface area contributed by atoms with Crippen LogP contribution in [0.2, 0.25) is 0 Å². The minimum Gasteiger partial charge on any atom is -0.480 e. The van der Waals surface area contributed by atoms with Gasteiger partial charge in [-0.15, -0.1) is 0 Å². The Morgan fingerprint density at radius 1 is 1.26 bits per heavy atom. The minimum absolute atomic E-state index is 0.196. The average Bonchev–Trinajstić information content (AvgIpc) is 3.05. The highest BCUT2D eigenvalue weighted by Crippen LogP contribution is 2.33. The summed E-state index contributed by atoms with van der Waals surface area (Å²) >= 11 is 0.733. The molecular formula is C19H15N3O4S. The van der Waals surface area contributed by atoms with Crippen LogP contribution in [0.1, 0.15) is 22.5 Å². The quantitative estimate of drug-likeness (QED) is 0.816. The lowest BCUT2D eigenvalue weighted by molar-refractivity contribution is -0.140. The van der Waals surface area contributed by atoms with Crippen LogP contribution in [0.25, 0.3) is 11.8 Å². The molecule has 1 aromatic carbocycles. The summed E-state index contributed by atoms with van der Waals surface area (Å²) in [5.74, 6) is -1.84. The van der Waals surface area contributed by atoms with Crippen LogP contribution in [0, 0.1) is 25.2 Å². The molecule has 27 heavy (non-hydrogen) atoms. The summed E-state index contributed by atoms with van der Waals surface area (Å²) in [6.45, 7) is 3.16. The number of hydrogen-bond donors (Lipinski definition) is 1. The molecule has 1 fully saturated rings. The molecule has 7 nitrogen and oxygen atoms in total. The number of aromatic nitrogens is 1. The molecule has 0 spiro atoms. The van der Waals surface area contributed by atoms with Crippen molar-refractivity contribution in [2.75, 3.05) is 6.54 Å². The molecule has 0 aliphatic carbocycles. The lowest BCUT2D eigenvalue weighted by Gasteiger charge is -2.09. The minimum atomic E-state index is -1.24. The van der Waals surface area contributed by atoms with Gasteiger partial charge in [-0.1, -0.05) is 0 Å². The number of carboxylic acid groups (broad SMARTS) is 1. The number of carbonyl (C=O) groups is 3. The second-order valence-corrected chi connectivity index (χ2v) is 6.98. The molecule has 1 aliphatic heterocycles. The Kier molecular flexibility index (Phi) is 4.88. The summed E-state index contributed by atoms with van der Waals surface area (Å²) in [6, 6.07) is 11.1. The van der Waals surface area contributed by atoms with Gasteiger partial charge >= 0.3 is 5.97 Å². The Hall–Kier alpha value is -3.31. The molecule has 3 rings (SSSR count). The number of aryl methyl sites for hydroxylation is 1. The first kappa shape index (κ1) is 18.5. The van der Waals surface area contributed by atoms with Crippen molar-refractivity contribution < 1.29 is 19.5 Å². The van der Waals surface area contributed by atoms with Crippen LogP contribution < -0.4 is 0 Å². The van der Waals surface area contributed by atoms with E-state index >= 15 is 0 Å². The van der Waals surface area contributed by atoms with Crippen LogP contribution in [0.4, 0.5) is 4.79 Å². The molecule has 1 aliphatic rings. The fourth-order valence-electron chi connectivity index (χ4n) is 2.93. The summed E-state index contributed by atoms with van der Waals surface area (Å²) < 4.78 is 1.98. The number of imide groups is 1. The average molecular weight is 381 g/mol. The molecule has 0 atom stereocenters. The van der Waals surface area contributed by atoms with Gasteiger partial charge in [0, 0.05) is 17.1 Å². The lowest BCUT2D eigenvalue weighted by atomic mass is 10.2. The fraction of sp³-hybridized carbons (Fsp3) is 0.158. The van der Waals surface area contributed by atoms with E-state index in [1.807, 2.05) is 36.6 Å². The van der Waals surface area contributed by atoms with Crippen LogP contribution >= 0.6 is 11.8 Å². The van der Waals surface area contributed by atoms with E-state index in [1.54, 1.807) is 18.2 Å². The number of carboxylic acids is 1. The van der Waals surface area contributed by atoms with Crippen molar-refractivity contribution in [1.82, 2.24) is 9.47 Å². The maximum atomic E-state index is 12.3. The van der Waals surface area contributed by atoms with E-state index in [0.29, 0.717) is 5.56 Å². The van der Waals surface area contributed by atoms with Gasteiger partial charge in [0.2, 0.25) is 0 Å². The van der Waals surface area contributed by atoms with Gasteiger partial charge in [0.25, 0.3) is 11.1 Å². The molecule has 0 radical (unpaired) electrons. The molecule has 2 aromatic rings. The van der Waals surface area contributed by atoms with Gasteiger partial charge in [0.15, 0.2) is 0 Å².